The molecule has 0 bridgehead atoms. The molecule has 0 amide bonds. The van der Waals surface area contributed by atoms with Gasteiger partial charge in [0.2, 0.25) is 5.88 Å². The third-order valence-corrected chi connectivity index (χ3v) is 7.27. The number of benzene rings is 4. The van der Waals surface area contributed by atoms with Gasteiger partial charge in [0, 0.05) is 0 Å². The number of nitrogens with one attached hydrogen (secondary N) is 1. The molecule has 6 heteroatoms. The number of ether oxygens (including phenoxy) is 2. The lowest BCUT2D eigenvalue weighted by atomic mass is 9.68. The van der Waals surface area contributed by atoms with Crippen molar-refractivity contribution < 1.29 is 24.2 Å². The Balaban J connectivity index is 1.37. The summed E-state index contributed by atoms with van der Waals surface area (Å²) in [6.07, 6.45) is 2.27. The van der Waals surface area contributed by atoms with Crippen LogP contribution in [0.4, 0.5) is 0 Å². The van der Waals surface area contributed by atoms with Gasteiger partial charge in [0.25, 0.3) is 0 Å². The average Bonchev–Trinajstić information content (AvgIpc) is 3.01. The van der Waals surface area contributed by atoms with Crippen LogP contribution in [0.2, 0.25) is 0 Å². The third-order valence-electron chi connectivity index (χ3n) is 7.27. The van der Waals surface area contributed by atoms with Crippen LogP contribution in [0.25, 0.3) is 0 Å². The van der Waals surface area contributed by atoms with E-state index in [-0.39, 0.29) is 11.7 Å². The number of esters is 1. The summed E-state index contributed by atoms with van der Waals surface area (Å²) in [5.41, 5.74) is 6.16. The van der Waals surface area contributed by atoms with Crippen LogP contribution >= 0.6 is 0 Å². The first-order chi connectivity index (χ1) is 19.6. The van der Waals surface area contributed by atoms with E-state index in [0.717, 1.165) is 22.3 Å². The lowest BCUT2D eigenvalue weighted by molar-refractivity contribution is -0.142. The Labute approximate surface area is 234 Å². The maximum atomic E-state index is 13.7. The molecule has 4 aromatic carbocycles. The van der Waals surface area contributed by atoms with Crippen molar-refractivity contribution in [3.63, 3.8) is 0 Å². The molecule has 1 aliphatic carbocycles. The van der Waals surface area contributed by atoms with Crippen LogP contribution in [0, 0.1) is 0 Å². The van der Waals surface area contributed by atoms with Crippen molar-refractivity contribution in [2.24, 2.45) is 0 Å². The van der Waals surface area contributed by atoms with Crippen LogP contribution in [0.15, 0.2) is 127 Å². The van der Waals surface area contributed by atoms with Crippen molar-refractivity contribution in [1.82, 2.24) is 5.48 Å². The van der Waals surface area contributed by atoms with Gasteiger partial charge in [-0.3, -0.25) is 9.63 Å². The van der Waals surface area contributed by atoms with E-state index in [4.69, 9.17) is 14.3 Å². The second kappa shape index (κ2) is 13.0. The molecule has 0 heterocycles. The van der Waals surface area contributed by atoms with E-state index < -0.39 is 5.41 Å². The fraction of sp³-hybridized carbons (Fsp3) is 0.206. The van der Waals surface area contributed by atoms with Crippen molar-refractivity contribution in [2.45, 2.75) is 44.3 Å². The first-order valence-corrected chi connectivity index (χ1v) is 13.5. The molecule has 1 fully saturated rings. The van der Waals surface area contributed by atoms with Crippen molar-refractivity contribution in [1.29, 1.82) is 0 Å². The number of para-hydroxylation sites is 1. The van der Waals surface area contributed by atoms with Gasteiger partial charge in [-0.1, -0.05) is 91.0 Å². The second-order valence-corrected chi connectivity index (χ2v) is 9.91. The monoisotopic (exact) mass is 535 g/mol. The summed E-state index contributed by atoms with van der Waals surface area (Å²) in [7, 11) is 0. The fourth-order valence-corrected chi connectivity index (χ4v) is 4.98. The molecule has 0 unspecified atom stereocenters. The number of hydrogen-bond donors (Lipinski definition) is 2. The van der Waals surface area contributed by atoms with Gasteiger partial charge in [-0.2, -0.15) is 0 Å². The van der Waals surface area contributed by atoms with Crippen LogP contribution in [0.1, 0.15) is 42.4 Å². The van der Waals surface area contributed by atoms with Gasteiger partial charge in [0.1, 0.15) is 18.1 Å². The molecule has 0 saturated heterocycles. The molecular weight excluding hydrogens is 502 g/mol. The Bertz CT molecular complexity index is 1390. The Kier molecular flexibility index (Phi) is 8.79. The predicted molar refractivity (Wildman–Crippen MR) is 153 cm³/mol. The zero-order chi connectivity index (χ0) is 27.6. The number of carbonyl (C=O) groups excluding carboxylic acids is 1. The number of aromatic hydroxyl groups is 1. The van der Waals surface area contributed by atoms with Gasteiger partial charge in [-0.25, -0.2) is 5.48 Å². The summed E-state index contributed by atoms with van der Waals surface area (Å²) >= 11 is 0. The van der Waals surface area contributed by atoms with E-state index >= 15 is 0 Å². The molecule has 4 aromatic rings. The van der Waals surface area contributed by atoms with Crippen LogP contribution in [0.3, 0.4) is 0 Å². The highest BCUT2D eigenvalue weighted by Crippen LogP contribution is 2.44. The maximum Gasteiger partial charge on any atom is 0.321 e. The van der Waals surface area contributed by atoms with E-state index in [1.165, 1.54) is 0 Å². The van der Waals surface area contributed by atoms with Crippen LogP contribution in [-0.2, 0) is 33.0 Å². The summed E-state index contributed by atoms with van der Waals surface area (Å²) in [4.78, 5) is 19.6. The Morgan fingerprint density at radius 2 is 1.27 bits per heavy atom. The van der Waals surface area contributed by atoms with Crippen LogP contribution < -0.4 is 10.2 Å². The largest absolute Gasteiger partial charge is 0.508 e. The van der Waals surface area contributed by atoms with E-state index in [0.29, 0.717) is 50.5 Å². The smallest absolute Gasteiger partial charge is 0.321 e. The Morgan fingerprint density at radius 3 is 1.88 bits per heavy atom. The Morgan fingerprint density at radius 1 is 0.725 bits per heavy atom. The molecule has 40 heavy (non-hydrogen) atoms. The normalized spacial score (nSPS) is 16.6. The molecule has 1 aliphatic rings. The van der Waals surface area contributed by atoms with Gasteiger partial charge in [-0.05, 0) is 72.2 Å². The van der Waals surface area contributed by atoms with E-state index in [1.807, 2.05) is 91.0 Å². The maximum absolute atomic E-state index is 13.7. The molecule has 1 saturated carbocycles. The summed E-state index contributed by atoms with van der Waals surface area (Å²) in [6, 6.07) is 35.9. The van der Waals surface area contributed by atoms with E-state index in [9.17, 15) is 9.90 Å². The third kappa shape index (κ3) is 6.71. The number of hydroxylamine groups is 1. The first kappa shape index (κ1) is 27.0. The Hall–Kier alpha value is -4.55. The summed E-state index contributed by atoms with van der Waals surface area (Å²) in [6.45, 7) is 0.772. The highest BCUT2D eigenvalue weighted by atomic mass is 16.7. The number of phenolic OH excluding ortho intramolecular Hbond substituents is 1. The topological polar surface area (TPSA) is 77.0 Å². The lowest BCUT2D eigenvalue weighted by Gasteiger charge is -2.36. The number of phenols is 1. The standard InChI is InChI=1S/C34H33NO5/c36-30-18-16-29(17-19-30)34(33(37)40-31-14-8-3-9-15-31)22-20-28(21-23-34)32(38-24-26-10-4-1-5-11-26)35-39-25-27-12-6-2-7-13-27/h1-19,35-36H,20-25H2. The zero-order valence-corrected chi connectivity index (χ0v) is 22.3. The minimum atomic E-state index is -0.859. The minimum absolute atomic E-state index is 0.156. The van der Waals surface area contributed by atoms with Gasteiger partial charge in [0.05, 0.1) is 12.0 Å². The molecule has 2 N–H and O–H groups in total. The van der Waals surface area contributed by atoms with Crippen molar-refractivity contribution >= 4 is 5.97 Å². The fourth-order valence-electron chi connectivity index (χ4n) is 4.98. The van der Waals surface area contributed by atoms with E-state index in [2.05, 4.69) is 5.48 Å². The molecule has 0 aromatic heterocycles. The highest BCUT2D eigenvalue weighted by Gasteiger charge is 2.44. The number of rotatable bonds is 10. The van der Waals surface area contributed by atoms with Gasteiger partial charge in [0.15, 0.2) is 0 Å². The number of hydrogen-bond acceptors (Lipinski definition) is 6. The van der Waals surface area contributed by atoms with Crippen LogP contribution in [-0.4, -0.2) is 11.1 Å². The number of allylic oxidation sites excluding steroid dienone is 1. The SMILES string of the molecule is O=C(Oc1ccccc1)C1(c2ccc(O)cc2)CCC(=C(NOCc2ccccc2)OCc2ccccc2)CC1. The summed E-state index contributed by atoms with van der Waals surface area (Å²) in [5, 5.41) is 9.88. The molecule has 0 spiro atoms. The zero-order valence-electron chi connectivity index (χ0n) is 22.3. The van der Waals surface area contributed by atoms with Gasteiger partial charge in [-0.15, -0.1) is 0 Å². The van der Waals surface area contributed by atoms with E-state index in [1.54, 1.807) is 24.3 Å². The molecule has 5 rings (SSSR count). The minimum Gasteiger partial charge on any atom is -0.508 e. The van der Waals surface area contributed by atoms with Gasteiger partial charge < -0.3 is 14.6 Å². The summed E-state index contributed by atoms with van der Waals surface area (Å²) in [5.74, 6) is 0.942. The van der Waals surface area contributed by atoms with Crippen molar-refractivity contribution in [3.8, 4) is 11.5 Å². The van der Waals surface area contributed by atoms with Gasteiger partial charge >= 0.3 is 5.97 Å². The molecule has 0 aliphatic heterocycles. The molecular formula is C34H33NO5. The molecule has 6 nitrogen and oxygen atoms in total. The number of carbonyl (C=O) groups is 1. The molecule has 204 valence electrons. The lowest BCUT2D eigenvalue weighted by Crippen LogP contribution is -2.41. The molecule has 0 radical (unpaired) electrons. The predicted octanol–water partition coefficient (Wildman–Crippen LogP) is 6.96. The molecule has 0 atom stereocenters. The quantitative estimate of drug-likeness (QED) is 0.0990. The first-order valence-electron chi connectivity index (χ1n) is 13.5. The average molecular weight is 536 g/mol. The van der Waals surface area contributed by atoms with Crippen molar-refractivity contribution in [3.05, 3.63) is 143 Å². The second-order valence-electron chi connectivity index (χ2n) is 9.91. The summed E-state index contributed by atoms with van der Waals surface area (Å²) < 4.78 is 12.1. The van der Waals surface area contributed by atoms with Crippen molar-refractivity contribution in [2.75, 3.05) is 0 Å². The highest BCUT2D eigenvalue weighted by molar-refractivity contribution is 5.85. The van der Waals surface area contributed by atoms with Crippen LogP contribution in [0.5, 0.6) is 11.5 Å².